The van der Waals surface area contributed by atoms with Crippen molar-refractivity contribution in [2.24, 2.45) is 5.41 Å². The van der Waals surface area contributed by atoms with Crippen molar-refractivity contribution < 1.29 is 13.9 Å². The van der Waals surface area contributed by atoms with Gasteiger partial charge >= 0.3 is 0 Å². The van der Waals surface area contributed by atoms with Gasteiger partial charge in [-0.1, -0.05) is 27.7 Å². The first-order valence-corrected chi connectivity index (χ1v) is 10.2. The normalized spacial score (nSPS) is 23.4. The maximum absolute atomic E-state index is 6.24. The smallest absolute Gasteiger partial charge is 0.191 e. The van der Waals surface area contributed by atoms with Crippen LogP contribution in [0.3, 0.4) is 0 Å². The molecule has 0 unspecified atom stereocenters. The van der Waals surface area contributed by atoms with Gasteiger partial charge in [0.2, 0.25) is 0 Å². The average molecular weight is 289 g/mol. The van der Waals surface area contributed by atoms with Crippen molar-refractivity contribution in [2.75, 3.05) is 19.8 Å². The summed E-state index contributed by atoms with van der Waals surface area (Å²) in [6.45, 7) is 19.9. The molecule has 0 aromatic heterocycles. The van der Waals surface area contributed by atoms with Gasteiger partial charge in [-0.2, -0.15) is 0 Å². The van der Waals surface area contributed by atoms with Crippen LogP contribution in [-0.4, -0.2) is 33.9 Å². The van der Waals surface area contributed by atoms with Gasteiger partial charge in [0.1, 0.15) is 0 Å². The highest BCUT2D eigenvalue weighted by atomic mass is 28.4. The highest BCUT2D eigenvalue weighted by Crippen LogP contribution is 2.38. The molecule has 0 amide bonds. The Morgan fingerprint density at radius 3 is 1.95 bits per heavy atom. The lowest BCUT2D eigenvalue weighted by Crippen LogP contribution is -2.46. The van der Waals surface area contributed by atoms with E-state index in [1.165, 1.54) is 0 Å². The number of hydrogen-bond acceptors (Lipinski definition) is 3. The zero-order chi connectivity index (χ0) is 14.9. The van der Waals surface area contributed by atoms with Crippen LogP contribution in [0.5, 0.6) is 0 Å². The van der Waals surface area contributed by atoms with Gasteiger partial charge in [0.05, 0.1) is 13.2 Å². The monoisotopic (exact) mass is 288 g/mol. The lowest BCUT2D eigenvalue weighted by molar-refractivity contribution is -0.283. The molecule has 0 atom stereocenters. The number of ether oxygens (including phenoxy) is 2. The quantitative estimate of drug-likeness (QED) is 0.726. The molecule has 0 aromatic carbocycles. The van der Waals surface area contributed by atoms with E-state index in [4.69, 9.17) is 13.9 Å². The van der Waals surface area contributed by atoms with E-state index in [9.17, 15) is 0 Å². The van der Waals surface area contributed by atoms with Crippen molar-refractivity contribution in [3.63, 3.8) is 0 Å². The molecule has 0 bridgehead atoms. The minimum absolute atomic E-state index is 0.0812. The van der Waals surface area contributed by atoms with Gasteiger partial charge in [-0.25, -0.2) is 0 Å². The van der Waals surface area contributed by atoms with Crippen molar-refractivity contribution in [1.29, 1.82) is 0 Å². The summed E-state index contributed by atoms with van der Waals surface area (Å²) in [4.78, 5) is 0. The minimum Gasteiger partial charge on any atom is -0.417 e. The number of hydrogen-bond donors (Lipinski definition) is 0. The summed E-state index contributed by atoms with van der Waals surface area (Å²) in [6, 6.07) is 0. The molecule has 3 nitrogen and oxygen atoms in total. The van der Waals surface area contributed by atoms with Crippen molar-refractivity contribution >= 4 is 8.32 Å². The van der Waals surface area contributed by atoms with E-state index < -0.39 is 14.1 Å². The van der Waals surface area contributed by atoms with Crippen molar-refractivity contribution in [2.45, 2.75) is 71.9 Å². The van der Waals surface area contributed by atoms with Crippen LogP contribution < -0.4 is 0 Å². The summed E-state index contributed by atoms with van der Waals surface area (Å²) in [5.41, 5.74) is 0.0812. The zero-order valence-electron chi connectivity index (χ0n) is 14.1. The molecule has 0 N–H and O–H groups in total. The molecule has 0 spiro atoms. The van der Waals surface area contributed by atoms with E-state index in [1.54, 1.807) is 0 Å². The fourth-order valence-electron chi connectivity index (χ4n) is 1.69. The molecular weight excluding hydrogens is 256 g/mol. The van der Waals surface area contributed by atoms with Gasteiger partial charge in [0.15, 0.2) is 14.1 Å². The summed E-state index contributed by atoms with van der Waals surface area (Å²) >= 11 is 0. The molecule has 1 heterocycles. The Morgan fingerprint density at radius 2 is 1.53 bits per heavy atom. The molecule has 0 saturated carbocycles. The molecule has 0 radical (unpaired) electrons. The first-order valence-electron chi connectivity index (χ1n) is 7.29. The SMILES string of the molecule is CC1(CCO[Si](C)(C)C(C)(C)C)COC(C)(C)OC1. The Hall–Kier alpha value is 0.0969. The van der Waals surface area contributed by atoms with Crippen LogP contribution in [-0.2, 0) is 13.9 Å². The van der Waals surface area contributed by atoms with Crippen LogP contribution in [0.4, 0.5) is 0 Å². The highest BCUT2D eigenvalue weighted by Gasteiger charge is 2.39. The van der Waals surface area contributed by atoms with Crippen LogP contribution in [0.1, 0.15) is 48.0 Å². The Kier molecular flexibility index (Phi) is 4.94. The molecule has 1 fully saturated rings. The standard InChI is InChI=1S/C15H32O3Si/c1-13(2,3)19(7,8)18-10-9-15(6)11-16-14(4,5)17-12-15/h9-12H2,1-8H3. The van der Waals surface area contributed by atoms with E-state index >= 15 is 0 Å². The summed E-state index contributed by atoms with van der Waals surface area (Å²) in [5.74, 6) is -0.431. The predicted octanol–water partition coefficient (Wildman–Crippen LogP) is 4.19. The maximum atomic E-state index is 6.24. The topological polar surface area (TPSA) is 27.7 Å². The Morgan fingerprint density at radius 1 is 1.05 bits per heavy atom. The summed E-state index contributed by atoms with van der Waals surface area (Å²) < 4.78 is 17.8. The lowest BCUT2D eigenvalue weighted by atomic mass is 9.88. The summed E-state index contributed by atoms with van der Waals surface area (Å²) in [6.07, 6.45) is 0.996. The van der Waals surface area contributed by atoms with E-state index in [1.807, 2.05) is 13.8 Å². The third-order valence-corrected chi connectivity index (χ3v) is 9.05. The third-order valence-electron chi connectivity index (χ3n) is 4.51. The Balaban J connectivity index is 2.42. The Labute approximate surface area is 120 Å². The molecule has 1 aliphatic heterocycles. The van der Waals surface area contributed by atoms with Crippen molar-refractivity contribution in [1.82, 2.24) is 0 Å². The second kappa shape index (κ2) is 5.47. The predicted molar refractivity (Wildman–Crippen MR) is 81.9 cm³/mol. The van der Waals surface area contributed by atoms with Crippen molar-refractivity contribution in [3.05, 3.63) is 0 Å². The fourth-order valence-corrected chi connectivity index (χ4v) is 2.74. The van der Waals surface area contributed by atoms with E-state index in [0.717, 1.165) is 26.2 Å². The van der Waals surface area contributed by atoms with E-state index in [-0.39, 0.29) is 10.5 Å². The average Bonchev–Trinajstić information content (AvgIpc) is 2.21. The summed E-state index contributed by atoms with van der Waals surface area (Å²) in [5, 5.41) is 0.273. The molecule has 0 aromatic rings. The molecule has 4 heteroatoms. The van der Waals surface area contributed by atoms with Gasteiger partial charge in [-0.05, 0) is 38.4 Å². The second-order valence-corrected chi connectivity index (χ2v) is 13.0. The van der Waals surface area contributed by atoms with Crippen LogP contribution in [0.15, 0.2) is 0 Å². The van der Waals surface area contributed by atoms with Crippen LogP contribution in [0.25, 0.3) is 0 Å². The third kappa shape index (κ3) is 4.85. The van der Waals surface area contributed by atoms with Gasteiger partial charge in [-0.15, -0.1) is 0 Å². The molecular formula is C15H32O3Si. The van der Waals surface area contributed by atoms with Crippen LogP contribution in [0.2, 0.25) is 18.1 Å². The molecule has 1 saturated heterocycles. The molecule has 1 rings (SSSR count). The largest absolute Gasteiger partial charge is 0.417 e. The van der Waals surface area contributed by atoms with Gasteiger partial charge in [-0.3, -0.25) is 0 Å². The Bertz CT molecular complexity index is 295. The molecule has 19 heavy (non-hydrogen) atoms. The first-order chi connectivity index (χ1) is 8.37. The lowest BCUT2D eigenvalue weighted by Gasteiger charge is -2.42. The minimum atomic E-state index is -1.63. The van der Waals surface area contributed by atoms with Crippen LogP contribution in [0, 0.1) is 5.41 Å². The highest BCUT2D eigenvalue weighted by molar-refractivity contribution is 6.74. The molecule has 1 aliphatic rings. The van der Waals surface area contributed by atoms with E-state index in [2.05, 4.69) is 40.8 Å². The zero-order valence-corrected chi connectivity index (χ0v) is 15.1. The molecule has 114 valence electrons. The van der Waals surface area contributed by atoms with Gasteiger partial charge in [0, 0.05) is 12.0 Å². The van der Waals surface area contributed by atoms with Crippen molar-refractivity contribution in [3.8, 4) is 0 Å². The summed E-state index contributed by atoms with van der Waals surface area (Å²) in [7, 11) is -1.63. The maximum Gasteiger partial charge on any atom is 0.191 e. The number of rotatable bonds is 4. The molecule has 0 aliphatic carbocycles. The van der Waals surface area contributed by atoms with E-state index in [0.29, 0.717) is 0 Å². The van der Waals surface area contributed by atoms with Gasteiger partial charge < -0.3 is 13.9 Å². The fraction of sp³-hybridized carbons (Fsp3) is 1.00. The van der Waals surface area contributed by atoms with Gasteiger partial charge in [0.25, 0.3) is 0 Å². The second-order valence-electron chi connectivity index (χ2n) is 8.15. The van der Waals surface area contributed by atoms with Crippen LogP contribution >= 0.6 is 0 Å². The first kappa shape index (κ1) is 17.1.